The van der Waals surface area contributed by atoms with Gasteiger partial charge in [0.15, 0.2) is 5.78 Å². The summed E-state index contributed by atoms with van der Waals surface area (Å²) in [7, 11) is 0. The van der Waals surface area contributed by atoms with Gasteiger partial charge in [-0.3, -0.25) is 14.5 Å². The second kappa shape index (κ2) is 6.93. The lowest BCUT2D eigenvalue weighted by Crippen LogP contribution is -2.59. The number of ether oxygens (including phenoxy) is 1. The Kier molecular flexibility index (Phi) is 4.84. The number of cyclic esters (lactones) is 1. The average Bonchev–Trinajstić information content (AvgIpc) is 2.91. The third-order valence-corrected chi connectivity index (χ3v) is 4.92. The number of carbonyl (C=O) groups excluding carboxylic acids is 3. The predicted octanol–water partition coefficient (Wildman–Crippen LogP) is 1.83. The largest absolute Gasteiger partial charge is 0.444 e. The van der Waals surface area contributed by atoms with E-state index < -0.39 is 23.9 Å². The SMILES string of the molecule is CC(=O)C1C(C)CN1c1ccc(N2CC(CCC(N)=O)OC2=O)cc1F. The molecular weight excluding hydrogens is 341 g/mol. The van der Waals surface area contributed by atoms with E-state index in [0.29, 0.717) is 24.3 Å². The van der Waals surface area contributed by atoms with Crippen LogP contribution in [-0.4, -0.2) is 43.0 Å². The molecule has 0 spiro atoms. The summed E-state index contributed by atoms with van der Waals surface area (Å²) < 4.78 is 19.8. The topological polar surface area (TPSA) is 92.9 Å². The molecule has 2 heterocycles. The van der Waals surface area contributed by atoms with Gasteiger partial charge in [-0.2, -0.15) is 0 Å². The summed E-state index contributed by atoms with van der Waals surface area (Å²) in [6.45, 7) is 4.32. The van der Waals surface area contributed by atoms with Gasteiger partial charge in [0.05, 0.1) is 24.0 Å². The van der Waals surface area contributed by atoms with Crippen LogP contribution in [0.1, 0.15) is 26.7 Å². The number of nitrogens with zero attached hydrogens (tertiary/aromatic N) is 2. The van der Waals surface area contributed by atoms with Gasteiger partial charge in [-0.05, 0) is 31.5 Å². The summed E-state index contributed by atoms with van der Waals surface area (Å²) in [6.07, 6.45) is -0.565. The van der Waals surface area contributed by atoms with E-state index in [1.54, 1.807) is 17.0 Å². The van der Waals surface area contributed by atoms with Crippen molar-refractivity contribution in [3.05, 3.63) is 24.0 Å². The normalized spacial score (nSPS) is 25.0. The van der Waals surface area contributed by atoms with E-state index in [1.807, 2.05) is 6.92 Å². The van der Waals surface area contributed by atoms with E-state index in [0.717, 1.165) is 0 Å². The van der Waals surface area contributed by atoms with Crippen molar-refractivity contribution >= 4 is 29.2 Å². The standard InChI is InChI=1S/C18H22FN3O4/c1-10-8-22(17(10)11(2)23)15-5-3-12(7-14(15)19)21-9-13(26-18(21)25)4-6-16(20)24/h3,5,7,10,13,17H,4,6,8-9H2,1-2H3,(H2,20,24). The second-order valence-electron chi connectivity index (χ2n) is 6.94. The molecule has 7 nitrogen and oxygen atoms in total. The number of anilines is 2. The number of nitrogens with two attached hydrogens (primary N) is 1. The molecule has 3 rings (SSSR count). The first-order valence-electron chi connectivity index (χ1n) is 8.61. The highest BCUT2D eigenvalue weighted by Gasteiger charge is 2.40. The van der Waals surface area contributed by atoms with Crippen molar-refractivity contribution in [2.75, 3.05) is 22.9 Å². The Bertz CT molecular complexity index is 754. The van der Waals surface area contributed by atoms with Gasteiger partial charge >= 0.3 is 6.09 Å². The quantitative estimate of drug-likeness (QED) is 0.832. The summed E-state index contributed by atoms with van der Waals surface area (Å²) in [5.41, 5.74) is 5.84. The Morgan fingerprint density at radius 1 is 1.35 bits per heavy atom. The minimum absolute atomic E-state index is 0.00707. The Morgan fingerprint density at radius 2 is 2.08 bits per heavy atom. The summed E-state index contributed by atoms with van der Waals surface area (Å²) in [4.78, 5) is 37.7. The molecule has 26 heavy (non-hydrogen) atoms. The zero-order valence-electron chi connectivity index (χ0n) is 14.8. The lowest BCUT2D eigenvalue weighted by Gasteiger charge is -2.47. The number of benzene rings is 1. The minimum atomic E-state index is -0.578. The highest BCUT2D eigenvalue weighted by atomic mass is 19.1. The third kappa shape index (κ3) is 3.36. The first-order chi connectivity index (χ1) is 12.3. The summed E-state index contributed by atoms with van der Waals surface area (Å²) in [6, 6.07) is 4.17. The zero-order chi connectivity index (χ0) is 19.0. The van der Waals surface area contributed by atoms with Crippen LogP contribution in [0.25, 0.3) is 0 Å². The first kappa shape index (κ1) is 18.2. The predicted molar refractivity (Wildman–Crippen MR) is 93.4 cm³/mol. The van der Waals surface area contributed by atoms with Gasteiger partial charge in [0, 0.05) is 18.9 Å². The lowest BCUT2D eigenvalue weighted by atomic mass is 9.87. The van der Waals surface area contributed by atoms with Crippen molar-refractivity contribution in [2.45, 2.75) is 38.8 Å². The van der Waals surface area contributed by atoms with Gasteiger partial charge in [0.25, 0.3) is 0 Å². The number of hydrogen-bond acceptors (Lipinski definition) is 5. The lowest BCUT2D eigenvalue weighted by molar-refractivity contribution is -0.121. The van der Waals surface area contributed by atoms with E-state index >= 15 is 0 Å². The maximum atomic E-state index is 14.6. The van der Waals surface area contributed by atoms with Crippen LogP contribution in [0, 0.1) is 11.7 Å². The third-order valence-electron chi connectivity index (χ3n) is 4.92. The van der Waals surface area contributed by atoms with Crippen molar-refractivity contribution in [3.63, 3.8) is 0 Å². The molecule has 2 aliphatic heterocycles. The van der Waals surface area contributed by atoms with Crippen molar-refractivity contribution < 1.29 is 23.5 Å². The molecular formula is C18H22FN3O4. The number of carbonyl (C=O) groups is 3. The molecule has 1 aromatic rings. The molecule has 8 heteroatoms. The molecule has 1 aromatic carbocycles. The Balaban J connectivity index is 1.73. The number of rotatable bonds is 6. The van der Waals surface area contributed by atoms with Gasteiger partial charge in [-0.15, -0.1) is 0 Å². The van der Waals surface area contributed by atoms with Crippen molar-refractivity contribution in [2.24, 2.45) is 11.7 Å². The fourth-order valence-electron chi connectivity index (χ4n) is 3.64. The molecule has 2 N–H and O–H groups in total. The van der Waals surface area contributed by atoms with E-state index in [1.165, 1.54) is 17.9 Å². The maximum Gasteiger partial charge on any atom is 0.414 e. The van der Waals surface area contributed by atoms with Gasteiger partial charge in [-0.25, -0.2) is 9.18 Å². The molecule has 0 bridgehead atoms. The van der Waals surface area contributed by atoms with Crippen LogP contribution in [0.5, 0.6) is 0 Å². The molecule has 0 saturated carbocycles. The van der Waals surface area contributed by atoms with Gasteiger partial charge in [0.1, 0.15) is 11.9 Å². The van der Waals surface area contributed by atoms with Crippen molar-refractivity contribution in [3.8, 4) is 0 Å². The summed E-state index contributed by atoms with van der Waals surface area (Å²) >= 11 is 0. The molecule has 0 aliphatic carbocycles. The summed E-state index contributed by atoms with van der Waals surface area (Å²) in [5, 5.41) is 0. The smallest absolute Gasteiger partial charge is 0.414 e. The molecule has 140 valence electrons. The van der Waals surface area contributed by atoms with Crippen molar-refractivity contribution in [1.82, 2.24) is 0 Å². The number of Topliss-reactive ketones (excluding diaryl/α,β-unsaturated/α-hetero) is 1. The molecule has 2 saturated heterocycles. The van der Waals surface area contributed by atoms with Gasteiger partial charge in [0.2, 0.25) is 5.91 Å². The number of amides is 2. The van der Waals surface area contributed by atoms with Crippen LogP contribution >= 0.6 is 0 Å². The van der Waals surface area contributed by atoms with Crippen LogP contribution < -0.4 is 15.5 Å². The summed E-state index contributed by atoms with van der Waals surface area (Å²) in [5.74, 6) is -0.758. The number of hydrogen-bond donors (Lipinski definition) is 1. The Hall–Kier alpha value is -2.64. The zero-order valence-corrected chi connectivity index (χ0v) is 14.8. The molecule has 0 aromatic heterocycles. The minimum Gasteiger partial charge on any atom is -0.444 e. The van der Waals surface area contributed by atoms with Crippen LogP contribution in [-0.2, 0) is 14.3 Å². The first-order valence-corrected chi connectivity index (χ1v) is 8.61. The fraction of sp³-hybridized carbons (Fsp3) is 0.500. The Morgan fingerprint density at radius 3 is 2.65 bits per heavy atom. The Labute approximate surface area is 150 Å². The van der Waals surface area contributed by atoms with E-state index in [9.17, 15) is 18.8 Å². The van der Waals surface area contributed by atoms with E-state index in [-0.39, 0.29) is 30.7 Å². The van der Waals surface area contributed by atoms with Gasteiger partial charge in [-0.1, -0.05) is 6.92 Å². The fourth-order valence-corrected chi connectivity index (χ4v) is 3.64. The number of halogens is 1. The molecule has 2 amide bonds. The second-order valence-corrected chi connectivity index (χ2v) is 6.94. The maximum absolute atomic E-state index is 14.6. The molecule has 2 fully saturated rings. The van der Waals surface area contributed by atoms with Crippen LogP contribution in [0.2, 0.25) is 0 Å². The van der Waals surface area contributed by atoms with Crippen molar-refractivity contribution in [1.29, 1.82) is 0 Å². The van der Waals surface area contributed by atoms with Crippen LogP contribution in [0.4, 0.5) is 20.6 Å². The highest BCUT2D eigenvalue weighted by molar-refractivity contribution is 5.91. The molecule has 3 unspecified atom stereocenters. The highest BCUT2D eigenvalue weighted by Crippen LogP contribution is 2.35. The number of primary amides is 1. The van der Waals surface area contributed by atoms with E-state index in [4.69, 9.17) is 10.5 Å². The van der Waals surface area contributed by atoms with Crippen LogP contribution in [0.15, 0.2) is 18.2 Å². The van der Waals surface area contributed by atoms with Crippen LogP contribution in [0.3, 0.4) is 0 Å². The molecule has 0 radical (unpaired) electrons. The molecule has 2 aliphatic rings. The monoisotopic (exact) mass is 363 g/mol. The van der Waals surface area contributed by atoms with E-state index in [2.05, 4.69) is 0 Å². The molecule has 3 atom stereocenters. The number of ketones is 1. The average molecular weight is 363 g/mol. The van der Waals surface area contributed by atoms with Gasteiger partial charge < -0.3 is 15.4 Å².